The van der Waals surface area contributed by atoms with Crippen LogP contribution in [0.2, 0.25) is 0 Å². The Morgan fingerprint density at radius 1 is 1.44 bits per heavy atom. The van der Waals surface area contributed by atoms with Crippen molar-refractivity contribution in [3.05, 3.63) is 29.6 Å². The normalized spacial score (nSPS) is 12.1. The molecule has 3 N–H and O–H groups in total. The maximum absolute atomic E-state index is 13.3. The predicted octanol–water partition coefficient (Wildman–Crippen LogP) is 0.0393. The topological polar surface area (TPSA) is 75.4 Å². The Hall–Kier alpha value is -1.02. The van der Waals surface area contributed by atoms with E-state index in [-0.39, 0.29) is 17.0 Å². The van der Waals surface area contributed by atoms with E-state index in [9.17, 15) is 12.8 Å². The molecule has 0 saturated heterocycles. The first kappa shape index (κ1) is 13.0. The standard InChI is InChI=1S/C9H14FN3O2S/c1-13(2)12-16(14,15)9-5-3-4-8(10)7(9)6-11/h3-5,12H,6,11H2,1-2H3. The van der Waals surface area contributed by atoms with Gasteiger partial charge in [-0.05, 0) is 12.1 Å². The van der Waals surface area contributed by atoms with Gasteiger partial charge in [-0.2, -0.15) is 0 Å². The number of nitrogens with zero attached hydrogens (tertiary/aromatic N) is 1. The zero-order chi connectivity index (χ0) is 12.3. The fraction of sp³-hybridized carbons (Fsp3) is 0.333. The molecule has 0 aliphatic carbocycles. The number of halogens is 1. The van der Waals surface area contributed by atoms with Gasteiger partial charge in [-0.3, -0.25) is 0 Å². The van der Waals surface area contributed by atoms with Gasteiger partial charge in [-0.25, -0.2) is 17.8 Å². The van der Waals surface area contributed by atoms with Crippen LogP contribution in [0.3, 0.4) is 0 Å². The Bertz CT molecular complexity index is 474. The molecular formula is C9H14FN3O2S. The van der Waals surface area contributed by atoms with Crippen molar-refractivity contribution in [2.75, 3.05) is 14.1 Å². The molecule has 1 aromatic rings. The Morgan fingerprint density at radius 2 is 2.06 bits per heavy atom. The minimum Gasteiger partial charge on any atom is -0.326 e. The van der Waals surface area contributed by atoms with E-state index in [4.69, 9.17) is 5.73 Å². The number of hydrogen-bond acceptors (Lipinski definition) is 4. The number of hydrogen-bond donors (Lipinski definition) is 2. The van der Waals surface area contributed by atoms with E-state index >= 15 is 0 Å². The van der Waals surface area contributed by atoms with Gasteiger partial charge in [0.25, 0.3) is 10.0 Å². The molecule has 0 saturated carbocycles. The first-order valence-electron chi connectivity index (χ1n) is 4.55. The Balaban J connectivity index is 3.28. The van der Waals surface area contributed by atoms with Crippen molar-refractivity contribution in [2.24, 2.45) is 5.73 Å². The maximum Gasteiger partial charge on any atom is 0.253 e. The second kappa shape index (κ2) is 4.88. The lowest BCUT2D eigenvalue weighted by molar-refractivity contribution is 0.363. The van der Waals surface area contributed by atoms with Crippen molar-refractivity contribution < 1.29 is 12.8 Å². The van der Waals surface area contributed by atoms with Gasteiger partial charge in [0, 0.05) is 26.2 Å². The molecule has 0 fully saturated rings. The summed E-state index contributed by atoms with van der Waals surface area (Å²) >= 11 is 0. The summed E-state index contributed by atoms with van der Waals surface area (Å²) in [6.45, 7) is -0.170. The molecule has 0 radical (unpaired) electrons. The number of rotatable bonds is 4. The van der Waals surface area contributed by atoms with Crippen LogP contribution >= 0.6 is 0 Å². The molecule has 0 amide bonds. The van der Waals surface area contributed by atoms with Gasteiger partial charge in [-0.1, -0.05) is 6.07 Å². The van der Waals surface area contributed by atoms with Gasteiger partial charge in [0.15, 0.2) is 0 Å². The molecular weight excluding hydrogens is 233 g/mol. The summed E-state index contributed by atoms with van der Waals surface area (Å²) in [4.78, 5) is 2.09. The minimum absolute atomic E-state index is 0.0168. The quantitative estimate of drug-likeness (QED) is 0.737. The van der Waals surface area contributed by atoms with Gasteiger partial charge in [0.05, 0.1) is 4.90 Å². The van der Waals surface area contributed by atoms with Gasteiger partial charge in [-0.15, -0.1) is 4.83 Å². The Morgan fingerprint density at radius 3 is 2.56 bits per heavy atom. The number of benzene rings is 1. The van der Waals surface area contributed by atoms with Gasteiger partial charge in [0.1, 0.15) is 5.82 Å². The van der Waals surface area contributed by atoms with E-state index in [1.54, 1.807) is 0 Å². The molecule has 90 valence electrons. The van der Waals surface area contributed by atoms with Gasteiger partial charge in [0.2, 0.25) is 0 Å². The Kier molecular flexibility index (Phi) is 3.98. The molecule has 1 aromatic carbocycles. The Labute approximate surface area is 94.1 Å². The molecule has 0 spiro atoms. The lowest BCUT2D eigenvalue weighted by Crippen LogP contribution is -2.36. The van der Waals surface area contributed by atoms with Crippen LogP contribution in [-0.2, 0) is 16.6 Å². The SMILES string of the molecule is CN(C)NS(=O)(=O)c1cccc(F)c1CN. The van der Waals surface area contributed by atoms with Crippen LogP contribution in [-0.4, -0.2) is 27.5 Å². The molecule has 0 aromatic heterocycles. The van der Waals surface area contributed by atoms with Crippen LogP contribution in [0, 0.1) is 5.82 Å². The van der Waals surface area contributed by atoms with E-state index in [1.165, 1.54) is 37.3 Å². The second-order valence-corrected chi connectivity index (χ2v) is 5.04. The lowest BCUT2D eigenvalue weighted by atomic mass is 10.2. The molecule has 0 unspecified atom stereocenters. The summed E-state index contributed by atoms with van der Waals surface area (Å²) < 4.78 is 36.9. The highest BCUT2D eigenvalue weighted by molar-refractivity contribution is 7.89. The average molecular weight is 247 g/mol. The van der Waals surface area contributed by atoms with Crippen molar-refractivity contribution in [3.63, 3.8) is 0 Å². The molecule has 5 nitrogen and oxygen atoms in total. The summed E-state index contributed by atoms with van der Waals surface area (Å²) in [6.07, 6.45) is 0. The highest BCUT2D eigenvalue weighted by Gasteiger charge is 2.20. The average Bonchev–Trinajstić information content (AvgIpc) is 2.15. The fourth-order valence-corrected chi connectivity index (χ4v) is 2.62. The van der Waals surface area contributed by atoms with Crippen molar-refractivity contribution in [1.82, 2.24) is 9.84 Å². The highest BCUT2D eigenvalue weighted by Crippen LogP contribution is 2.18. The summed E-state index contributed by atoms with van der Waals surface area (Å²) in [7, 11) is -0.715. The van der Waals surface area contributed by atoms with E-state index in [0.717, 1.165) is 0 Å². The van der Waals surface area contributed by atoms with Gasteiger partial charge >= 0.3 is 0 Å². The molecule has 1 rings (SSSR count). The third-order valence-corrected chi connectivity index (χ3v) is 3.44. The van der Waals surface area contributed by atoms with E-state index < -0.39 is 15.8 Å². The van der Waals surface area contributed by atoms with E-state index in [1.807, 2.05) is 0 Å². The first-order valence-corrected chi connectivity index (χ1v) is 6.04. The van der Waals surface area contributed by atoms with Crippen LogP contribution in [0.4, 0.5) is 4.39 Å². The third-order valence-electron chi connectivity index (χ3n) is 1.87. The second-order valence-electron chi connectivity index (χ2n) is 3.41. The number of nitrogens with two attached hydrogens (primary N) is 1. The number of sulfonamides is 1. The molecule has 0 atom stereocenters. The summed E-state index contributed by atoms with van der Waals surface area (Å²) in [5.74, 6) is -0.621. The predicted molar refractivity (Wildman–Crippen MR) is 58.3 cm³/mol. The molecule has 0 aliphatic heterocycles. The number of nitrogens with one attached hydrogen (secondary N) is 1. The monoisotopic (exact) mass is 247 g/mol. The van der Waals surface area contributed by atoms with Crippen molar-refractivity contribution in [1.29, 1.82) is 0 Å². The molecule has 0 heterocycles. The zero-order valence-corrected chi connectivity index (χ0v) is 9.88. The third kappa shape index (κ3) is 2.76. The largest absolute Gasteiger partial charge is 0.326 e. The number of hydrazine groups is 1. The fourth-order valence-electron chi connectivity index (χ4n) is 1.28. The van der Waals surface area contributed by atoms with Crippen molar-refractivity contribution in [3.8, 4) is 0 Å². The molecule has 16 heavy (non-hydrogen) atoms. The molecule has 7 heteroatoms. The van der Waals surface area contributed by atoms with Crippen molar-refractivity contribution >= 4 is 10.0 Å². The van der Waals surface area contributed by atoms with E-state index in [2.05, 4.69) is 4.83 Å². The minimum atomic E-state index is -3.77. The molecule has 0 aliphatic rings. The lowest BCUT2D eigenvalue weighted by Gasteiger charge is -2.14. The van der Waals surface area contributed by atoms with Crippen LogP contribution < -0.4 is 10.6 Å². The van der Waals surface area contributed by atoms with E-state index in [0.29, 0.717) is 0 Å². The van der Waals surface area contributed by atoms with Crippen LogP contribution in [0.15, 0.2) is 23.1 Å². The zero-order valence-electron chi connectivity index (χ0n) is 9.07. The maximum atomic E-state index is 13.3. The summed E-state index contributed by atoms with van der Waals surface area (Å²) in [5, 5.41) is 1.26. The van der Waals surface area contributed by atoms with Crippen molar-refractivity contribution in [2.45, 2.75) is 11.4 Å². The summed E-state index contributed by atoms with van der Waals surface area (Å²) in [5.41, 5.74) is 5.32. The van der Waals surface area contributed by atoms with Gasteiger partial charge < -0.3 is 5.73 Å². The van der Waals surface area contributed by atoms with Crippen LogP contribution in [0.25, 0.3) is 0 Å². The van der Waals surface area contributed by atoms with Crippen LogP contribution in [0.1, 0.15) is 5.56 Å². The highest BCUT2D eigenvalue weighted by atomic mass is 32.2. The smallest absolute Gasteiger partial charge is 0.253 e. The first-order chi connectivity index (χ1) is 7.38. The molecule has 0 bridgehead atoms. The summed E-state index contributed by atoms with van der Waals surface area (Å²) in [6, 6.07) is 3.83. The van der Waals surface area contributed by atoms with Crippen LogP contribution in [0.5, 0.6) is 0 Å².